The number of anilines is 2. The number of para-hydroxylation sites is 1. The van der Waals surface area contributed by atoms with Crippen LogP contribution in [0.3, 0.4) is 0 Å². The fraction of sp³-hybridized carbons (Fsp3) is 0.308. The third-order valence-electron chi connectivity index (χ3n) is 3.22. The predicted octanol–water partition coefficient (Wildman–Crippen LogP) is -0.0933. The molecule has 0 bridgehead atoms. The van der Waals surface area contributed by atoms with E-state index in [1.807, 2.05) is 0 Å². The Bertz CT molecular complexity index is 585. The van der Waals surface area contributed by atoms with Gasteiger partial charge in [0.25, 0.3) is 0 Å². The summed E-state index contributed by atoms with van der Waals surface area (Å²) >= 11 is 0. The van der Waals surface area contributed by atoms with E-state index in [2.05, 4.69) is 10.1 Å². The first-order valence-electron chi connectivity index (χ1n) is 6.03. The van der Waals surface area contributed by atoms with Gasteiger partial charge in [0.1, 0.15) is 6.04 Å². The first-order chi connectivity index (χ1) is 9.45. The first kappa shape index (κ1) is 13.9. The van der Waals surface area contributed by atoms with E-state index in [0.29, 0.717) is 5.69 Å². The highest BCUT2D eigenvalue weighted by Gasteiger charge is 2.32. The Kier molecular flexibility index (Phi) is 3.60. The van der Waals surface area contributed by atoms with Crippen molar-refractivity contribution in [2.24, 2.45) is 0 Å². The number of nitrogens with zero attached hydrogens (tertiary/aromatic N) is 1. The van der Waals surface area contributed by atoms with Crippen molar-refractivity contribution in [3.05, 3.63) is 23.8 Å². The Morgan fingerprint density at radius 2 is 2.15 bits per heavy atom. The number of hydrogen-bond donors (Lipinski definition) is 2. The molecule has 3 N–H and O–H groups in total. The maximum Gasteiger partial charge on any atom is 0.340 e. The van der Waals surface area contributed by atoms with Crippen LogP contribution in [0.4, 0.5) is 11.4 Å². The summed E-state index contributed by atoms with van der Waals surface area (Å²) in [4.78, 5) is 36.3. The summed E-state index contributed by atoms with van der Waals surface area (Å²) in [5.41, 5.74) is 6.81. The number of piperazine rings is 1. The zero-order valence-corrected chi connectivity index (χ0v) is 11.2. The van der Waals surface area contributed by atoms with Crippen LogP contribution in [0.5, 0.6) is 0 Å². The lowest BCUT2D eigenvalue weighted by atomic mass is 10.1. The van der Waals surface area contributed by atoms with Crippen molar-refractivity contribution in [1.29, 1.82) is 0 Å². The molecule has 2 rings (SSSR count). The molecular weight excluding hydrogens is 262 g/mol. The molecule has 1 fully saturated rings. The molecule has 7 heteroatoms. The smallest absolute Gasteiger partial charge is 0.340 e. The summed E-state index contributed by atoms with van der Waals surface area (Å²) in [5, 5.41) is 2.24. The number of carbonyl (C=O) groups is 3. The molecule has 1 atom stereocenters. The topological polar surface area (TPSA) is 102 Å². The van der Waals surface area contributed by atoms with Gasteiger partial charge in [0.05, 0.1) is 30.6 Å². The molecule has 1 aliphatic heterocycles. The van der Waals surface area contributed by atoms with E-state index in [1.165, 1.54) is 13.2 Å². The summed E-state index contributed by atoms with van der Waals surface area (Å²) in [5.74, 6) is -1.37. The standard InChI is InChI=1S/C13H15N3O4/c1-7-12(18)15-10(17)6-16(7)9-5-3-4-8(11(9)14)13(19)20-2/h3-5,7H,6,14H2,1-2H3,(H,15,17,18). The van der Waals surface area contributed by atoms with E-state index in [0.717, 1.165) is 0 Å². The van der Waals surface area contributed by atoms with Crippen molar-refractivity contribution in [1.82, 2.24) is 5.32 Å². The minimum absolute atomic E-state index is 0.00172. The largest absolute Gasteiger partial charge is 0.465 e. The van der Waals surface area contributed by atoms with Crippen molar-refractivity contribution in [3.63, 3.8) is 0 Å². The fourth-order valence-electron chi connectivity index (χ4n) is 2.10. The number of imide groups is 1. The second-order valence-corrected chi connectivity index (χ2v) is 4.45. The number of methoxy groups -OCH3 is 1. The number of amides is 2. The van der Waals surface area contributed by atoms with Gasteiger partial charge in [0.2, 0.25) is 11.8 Å². The van der Waals surface area contributed by atoms with Crippen LogP contribution >= 0.6 is 0 Å². The van der Waals surface area contributed by atoms with Gasteiger partial charge in [-0.2, -0.15) is 0 Å². The quantitative estimate of drug-likeness (QED) is 0.445. The highest BCUT2D eigenvalue weighted by atomic mass is 16.5. The minimum Gasteiger partial charge on any atom is -0.465 e. The lowest BCUT2D eigenvalue weighted by Crippen LogP contribution is -2.57. The van der Waals surface area contributed by atoms with Crippen LogP contribution in [0.25, 0.3) is 0 Å². The molecule has 106 valence electrons. The molecule has 1 aromatic carbocycles. The molecule has 0 aliphatic carbocycles. The van der Waals surface area contributed by atoms with Gasteiger partial charge in [-0.15, -0.1) is 0 Å². The molecule has 0 spiro atoms. The van der Waals surface area contributed by atoms with E-state index in [4.69, 9.17) is 5.73 Å². The highest BCUT2D eigenvalue weighted by Crippen LogP contribution is 2.29. The normalized spacial score (nSPS) is 18.7. The number of carbonyl (C=O) groups excluding carboxylic acids is 3. The minimum atomic E-state index is -0.565. The van der Waals surface area contributed by atoms with Crippen molar-refractivity contribution in [2.75, 3.05) is 24.3 Å². The van der Waals surface area contributed by atoms with Crippen LogP contribution < -0.4 is 16.0 Å². The average Bonchev–Trinajstić information content (AvgIpc) is 2.42. The van der Waals surface area contributed by atoms with Crippen LogP contribution in [0.2, 0.25) is 0 Å². The first-order valence-corrected chi connectivity index (χ1v) is 6.03. The van der Waals surface area contributed by atoms with Gasteiger partial charge in [-0.25, -0.2) is 4.79 Å². The molecule has 7 nitrogen and oxygen atoms in total. The Morgan fingerprint density at radius 3 is 2.80 bits per heavy atom. The summed E-state index contributed by atoms with van der Waals surface area (Å²) in [6.07, 6.45) is 0. The zero-order valence-electron chi connectivity index (χ0n) is 11.2. The van der Waals surface area contributed by atoms with Crippen LogP contribution in [-0.2, 0) is 14.3 Å². The number of nitrogen functional groups attached to an aromatic ring is 1. The van der Waals surface area contributed by atoms with Gasteiger partial charge >= 0.3 is 5.97 Å². The number of nitrogens with one attached hydrogen (secondary N) is 1. The molecule has 0 aromatic heterocycles. The second kappa shape index (κ2) is 5.20. The second-order valence-electron chi connectivity index (χ2n) is 4.45. The number of esters is 1. The van der Waals surface area contributed by atoms with Crippen molar-refractivity contribution in [2.45, 2.75) is 13.0 Å². The van der Waals surface area contributed by atoms with E-state index in [9.17, 15) is 14.4 Å². The lowest BCUT2D eigenvalue weighted by molar-refractivity contribution is -0.132. The molecule has 1 aromatic rings. The SMILES string of the molecule is COC(=O)c1cccc(N2CC(=O)NC(=O)C2C)c1N. The van der Waals surface area contributed by atoms with E-state index in [-0.39, 0.29) is 17.8 Å². The Morgan fingerprint density at radius 1 is 1.45 bits per heavy atom. The average molecular weight is 277 g/mol. The van der Waals surface area contributed by atoms with Gasteiger partial charge < -0.3 is 15.4 Å². The lowest BCUT2D eigenvalue weighted by Gasteiger charge is -2.34. The van der Waals surface area contributed by atoms with Gasteiger partial charge in [-0.1, -0.05) is 6.07 Å². The molecule has 0 saturated carbocycles. The molecule has 0 radical (unpaired) electrons. The summed E-state index contributed by atoms with van der Waals surface area (Å²) < 4.78 is 4.64. The number of benzene rings is 1. The van der Waals surface area contributed by atoms with Gasteiger partial charge in [-0.3, -0.25) is 14.9 Å². The van der Waals surface area contributed by atoms with Gasteiger partial charge in [-0.05, 0) is 19.1 Å². The highest BCUT2D eigenvalue weighted by molar-refractivity contribution is 6.06. The Balaban J connectivity index is 2.44. The maximum atomic E-state index is 11.7. The molecule has 1 unspecified atom stereocenters. The van der Waals surface area contributed by atoms with E-state index < -0.39 is 23.8 Å². The molecular formula is C13H15N3O4. The number of ether oxygens (including phenoxy) is 1. The van der Waals surface area contributed by atoms with Crippen molar-refractivity contribution < 1.29 is 19.1 Å². The Hall–Kier alpha value is -2.57. The Labute approximate surface area is 115 Å². The third kappa shape index (κ3) is 2.29. The maximum absolute atomic E-state index is 11.7. The molecule has 20 heavy (non-hydrogen) atoms. The monoisotopic (exact) mass is 277 g/mol. The van der Waals surface area contributed by atoms with Crippen molar-refractivity contribution in [3.8, 4) is 0 Å². The summed E-state index contributed by atoms with van der Waals surface area (Å²) in [7, 11) is 1.26. The predicted molar refractivity (Wildman–Crippen MR) is 72.2 cm³/mol. The fourth-order valence-corrected chi connectivity index (χ4v) is 2.10. The third-order valence-corrected chi connectivity index (χ3v) is 3.22. The zero-order chi connectivity index (χ0) is 14.9. The van der Waals surface area contributed by atoms with Gasteiger partial charge in [0, 0.05) is 0 Å². The van der Waals surface area contributed by atoms with E-state index in [1.54, 1.807) is 24.0 Å². The van der Waals surface area contributed by atoms with Gasteiger partial charge in [0.15, 0.2) is 0 Å². The number of hydrogen-bond acceptors (Lipinski definition) is 6. The molecule has 1 aliphatic rings. The molecule has 2 amide bonds. The summed E-state index contributed by atoms with van der Waals surface area (Å²) in [6.45, 7) is 1.66. The van der Waals surface area contributed by atoms with Crippen molar-refractivity contribution >= 4 is 29.2 Å². The number of rotatable bonds is 2. The van der Waals surface area contributed by atoms with Crippen LogP contribution in [0.1, 0.15) is 17.3 Å². The van der Waals surface area contributed by atoms with Crippen LogP contribution in [-0.4, -0.2) is 37.5 Å². The molecule has 1 heterocycles. The molecule has 1 saturated heterocycles. The van der Waals surface area contributed by atoms with Crippen LogP contribution in [0, 0.1) is 0 Å². The summed E-state index contributed by atoms with van der Waals surface area (Å²) in [6, 6.07) is 4.26. The van der Waals surface area contributed by atoms with E-state index >= 15 is 0 Å². The number of nitrogens with two attached hydrogens (primary N) is 1. The van der Waals surface area contributed by atoms with Crippen LogP contribution in [0.15, 0.2) is 18.2 Å².